The van der Waals surface area contributed by atoms with Crippen LogP contribution in [0, 0.1) is 0 Å². The molecule has 3 nitrogen and oxygen atoms in total. The lowest BCUT2D eigenvalue weighted by molar-refractivity contribution is 0.409. The molecule has 0 aromatic carbocycles. The molecule has 0 fully saturated rings. The number of pyridine rings is 1. The molecule has 1 rings (SSSR count). The zero-order chi connectivity index (χ0) is 13.2. The molecule has 1 unspecified atom stereocenters. The predicted octanol–water partition coefficient (Wildman–Crippen LogP) is 3.71. The molecule has 0 saturated heterocycles. The molecule has 0 saturated carbocycles. The third-order valence-electron chi connectivity index (χ3n) is 3.17. The minimum atomic E-state index is 0.398. The summed E-state index contributed by atoms with van der Waals surface area (Å²) in [5.41, 5.74) is 1.23. The summed E-state index contributed by atoms with van der Waals surface area (Å²) in [5, 5.41) is 3.53. The first-order valence-corrected chi connectivity index (χ1v) is 7.04. The molecule has 3 heteroatoms. The molecule has 0 aliphatic carbocycles. The van der Waals surface area contributed by atoms with Gasteiger partial charge in [-0.05, 0) is 24.6 Å². The monoisotopic (exact) mass is 250 g/mol. The summed E-state index contributed by atoms with van der Waals surface area (Å²) in [6.45, 7) is 5.37. The van der Waals surface area contributed by atoms with Gasteiger partial charge in [-0.2, -0.15) is 0 Å². The Kier molecular flexibility index (Phi) is 7.42. The van der Waals surface area contributed by atoms with Gasteiger partial charge >= 0.3 is 0 Å². The molecule has 1 heterocycles. The number of nitrogens with zero attached hydrogens (tertiary/aromatic N) is 1. The zero-order valence-corrected chi connectivity index (χ0v) is 11.9. The molecule has 0 amide bonds. The summed E-state index contributed by atoms with van der Waals surface area (Å²) in [6.07, 6.45) is 10.1. The molecule has 1 aromatic heterocycles. The van der Waals surface area contributed by atoms with Gasteiger partial charge in [-0.1, -0.05) is 39.5 Å². The number of unbranched alkanes of at least 4 members (excludes halogenated alkanes) is 3. The minimum Gasteiger partial charge on any atom is -0.495 e. The number of aromatic nitrogens is 1. The molecule has 18 heavy (non-hydrogen) atoms. The quantitative estimate of drug-likeness (QED) is 0.678. The van der Waals surface area contributed by atoms with E-state index in [-0.39, 0.29) is 0 Å². The van der Waals surface area contributed by atoms with Gasteiger partial charge in [-0.15, -0.1) is 0 Å². The first-order chi connectivity index (χ1) is 8.81. The van der Waals surface area contributed by atoms with Gasteiger partial charge in [0.05, 0.1) is 13.3 Å². The van der Waals surface area contributed by atoms with Gasteiger partial charge in [0.25, 0.3) is 0 Å². The van der Waals surface area contributed by atoms with E-state index < -0.39 is 0 Å². The van der Waals surface area contributed by atoms with Gasteiger partial charge in [0.2, 0.25) is 0 Å². The maximum atomic E-state index is 5.24. The number of hydrogen-bond acceptors (Lipinski definition) is 3. The summed E-state index contributed by atoms with van der Waals surface area (Å²) >= 11 is 0. The van der Waals surface area contributed by atoms with E-state index in [1.807, 2.05) is 6.20 Å². The SMILES string of the molecule is CCCCCCC(NCC)c1cncc(OC)c1. The van der Waals surface area contributed by atoms with Crippen molar-refractivity contribution < 1.29 is 4.74 Å². The molecular formula is C15H26N2O. The van der Waals surface area contributed by atoms with Crippen LogP contribution in [0.2, 0.25) is 0 Å². The number of methoxy groups -OCH3 is 1. The van der Waals surface area contributed by atoms with Crippen LogP contribution in [0.1, 0.15) is 57.6 Å². The van der Waals surface area contributed by atoms with E-state index in [9.17, 15) is 0 Å². The molecule has 0 spiro atoms. The van der Waals surface area contributed by atoms with Crippen molar-refractivity contribution in [1.29, 1.82) is 0 Å². The van der Waals surface area contributed by atoms with E-state index in [1.165, 1.54) is 37.7 Å². The standard InChI is InChI=1S/C15H26N2O/c1-4-6-7-8-9-15(17-5-2)13-10-14(18-3)12-16-11-13/h10-12,15,17H,4-9H2,1-3H3. The molecule has 0 aliphatic rings. The Bertz CT molecular complexity index is 328. The molecule has 0 bridgehead atoms. The maximum Gasteiger partial charge on any atom is 0.137 e. The van der Waals surface area contributed by atoms with Crippen molar-refractivity contribution in [3.8, 4) is 5.75 Å². The van der Waals surface area contributed by atoms with Crippen LogP contribution in [0.25, 0.3) is 0 Å². The summed E-state index contributed by atoms with van der Waals surface area (Å²) < 4.78 is 5.24. The average molecular weight is 250 g/mol. The Morgan fingerprint density at radius 3 is 2.72 bits per heavy atom. The van der Waals surface area contributed by atoms with Crippen molar-refractivity contribution in [3.63, 3.8) is 0 Å². The summed E-state index contributed by atoms with van der Waals surface area (Å²) in [6, 6.07) is 2.48. The van der Waals surface area contributed by atoms with Crippen LogP contribution >= 0.6 is 0 Å². The Morgan fingerprint density at radius 1 is 1.22 bits per heavy atom. The van der Waals surface area contributed by atoms with Gasteiger partial charge in [0.15, 0.2) is 0 Å². The van der Waals surface area contributed by atoms with E-state index in [0.717, 1.165) is 12.3 Å². The molecule has 102 valence electrons. The zero-order valence-electron chi connectivity index (χ0n) is 11.9. The smallest absolute Gasteiger partial charge is 0.137 e. The maximum absolute atomic E-state index is 5.24. The van der Waals surface area contributed by atoms with Crippen molar-refractivity contribution in [2.45, 2.75) is 52.0 Å². The number of ether oxygens (including phenoxy) is 1. The van der Waals surface area contributed by atoms with E-state index in [0.29, 0.717) is 6.04 Å². The Hall–Kier alpha value is -1.09. The molecular weight excluding hydrogens is 224 g/mol. The van der Waals surface area contributed by atoms with Crippen molar-refractivity contribution >= 4 is 0 Å². The van der Waals surface area contributed by atoms with E-state index in [2.05, 4.69) is 30.2 Å². The average Bonchev–Trinajstić information content (AvgIpc) is 2.42. The minimum absolute atomic E-state index is 0.398. The highest BCUT2D eigenvalue weighted by atomic mass is 16.5. The molecule has 0 radical (unpaired) electrons. The van der Waals surface area contributed by atoms with Crippen LogP contribution < -0.4 is 10.1 Å². The second-order valence-electron chi connectivity index (χ2n) is 4.62. The summed E-state index contributed by atoms with van der Waals surface area (Å²) in [7, 11) is 1.68. The fourth-order valence-electron chi connectivity index (χ4n) is 2.15. The second-order valence-corrected chi connectivity index (χ2v) is 4.62. The van der Waals surface area contributed by atoms with Crippen LogP contribution in [-0.2, 0) is 0 Å². The molecule has 1 atom stereocenters. The Labute approximate surface area is 111 Å². The lowest BCUT2D eigenvalue weighted by atomic mass is 10.0. The van der Waals surface area contributed by atoms with Crippen molar-refractivity contribution in [2.24, 2.45) is 0 Å². The lowest BCUT2D eigenvalue weighted by Gasteiger charge is -2.18. The predicted molar refractivity (Wildman–Crippen MR) is 76.0 cm³/mol. The number of hydrogen-bond donors (Lipinski definition) is 1. The molecule has 1 aromatic rings. The van der Waals surface area contributed by atoms with Gasteiger partial charge in [-0.3, -0.25) is 4.98 Å². The Morgan fingerprint density at radius 2 is 2.06 bits per heavy atom. The van der Waals surface area contributed by atoms with Crippen molar-refractivity contribution in [3.05, 3.63) is 24.0 Å². The van der Waals surface area contributed by atoms with E-state index >= 15 is 0 Å². The highest BCUT2D eigenvalue weighted by Crippen LogP contribution is 2.22. The first-order valence-electron chi connectivity index (χ1n) is 7.04. The normalized spacial score (nSPS) is 12.4. The highest BCUT2D eigenvalue weighted by Gasteiger charge is 2.11. The number of nitrogens with one attached hydrogen (secondary N) is 1. The van der Waals surface area contributed by atoms with Gasteiger partial charge in [0.1, 0.15) is 5.75 Å². The second kappa shape index (κ2) is 8.92. The van der Waals surface area contributed by atoms with Crippen molar-refractivity contribution in [1.82, 2.24) is 10.3 Å². The third-order valence-corrected chi connectivity index (χ3v) is 3.17. The Balaban J connectivity index is 2.58. The van der Waals surface area contributed by atoms with Gasteiger partial charge < -0.3 is 10.1 Å². The first kappa shape index (κ1) is 15.0. The summed E-state index contributed by atoms with van der Waals surface area (Å²) in [4.78, 5) is 4.24. The molecule has 1 N–H and O–H groups in total. The van der Waals surface area contributed by atoms with Gasteiger partial charge in [0, 0.05) is 12.2 Å². The third kappa shape index (κ3) is 5.05. The van der Waals surface area contributed by atoms with Crippen LogP contribution in [0.5, 0.6) is 5.75 Å². The fourth-order valence-corrected chi connectivity index (χ4v) is 2.15. The molecule has 0 aliphatic heterocycles. The van der Waals surface area contributed by atoms with Crippen LogP contribution in [0.15, 0.2) is 18.5 Å². The van der Waals surface area contributed by atoms with Crippen molar-refractivity contribution in [2.75, 3.05) is 13.7 Å². The van der Waals surface area contributed by atoms with Crippen LogP contribution in [0.3, 0.4) is 0 Å². The largest absolute Gasteiger partial charge is 0.495 e. The summed E-state index contributed by atoms with van der Waals surface area (Å²) in [5.74, 6) is 0.837. The van der Waals surface area contributed by atoms with E-state index in [4.69, 9.17) is 4.74 Å². The topological polar surface area (TPSA) is 34.2 Å². The lowest BCUT2D eigenvalue weighted by Crippen LogP contribution is -2.21. The van der Waals surface area contributed by atoms with Gasteiger partial charge in [-0.25, -0.2) is 0 Å². The van der Waals surface area contributed by atoms with E-state index in [1.54, 1.807) is 13.3 Å². The fraction of sp³-hybridized carbons (Fsp3) is 0.667. The van der Waals surface area contributed by atoms with Crippen LogP contribution in [0.4, 0.5) is 0 Å². The van der Waals surface area contributed by atoms with Crippen LogP contribution in [-0.4, -0.2) is 18.6 Å². The highest BCUT2D eigenvalue weighted by molar-refractivity contribution is 5.25. The number of rotatable bonds is 9.